The molecule has 29 heavy (non-hydrogen) atoms. The second-order valence-electron chi connectivity index (χ2n) is 5.63. The van der Waals surface area contributed by atoms with Gasteiger partial charge in [0.1, 0.15) is 11.6 Å². The van der Waals surface area contributed by atoms with Crippen LogP contribution in [0.3, 0.4) is 0 Å². The van der Waals surface area contributed by atoms with E-state index in [1.165, 1.54) is 24.3 Å². The van der Waals surface area contributed by atoms with Crippen molar-refractivity contribution in [2.24, 2.45) is 0 Å². The molecule has 0 bridgehead atoms. The van der Waals surface area contributed by atoms with Gasteiger partial charge in [0.15, 0.2) is 0 Å². The van der Waals surface area contributed by atoms with Crippen LogP contribution in [0.1, 0.15) is 17.3 Å². The monoisotopic (exact) mass is 416 g/mol. The number of nitrogens with zero attached hydrogens (tertiary/aromatic N) is 2. The highest BCUT2D eigenvalue weighted by Crippen LogP contribution is 2.23. The van der Waals surface area contributed by atoms with Crippen molar-refractivity contribution >= 4 is 23.6 Å². The summed E-state index contributed by atoms with van der Waals surface area (Å²) >= 11 is 1.01. The van der Waals surface area contributed by atoms with E-state index in [9.17, 15) is 14.0 Å². The molecule has 0 atom stereocenters. The molecule has 0 fully saturated rings. The van der Waals surface area contributed by atoms with Crippen molar-refractivity contribution in [3.8, 4) is 17.2 Å². The number of hydrogen-bond acceptors (Lipinski definition) is 7. The Kier molecular flexibility index (Phi) is 6.80. The second-order valence-corrected chi connectivity index (χ2v) is 6.55. The van der Waals surface area contributed by atoms with Gasteiger partial charge in [0.25, 0.3) is 11.1 Å². The normalized spacial score (nSPS) is 10.4. The molecule has 0 spiro atoms. The molecule has 3 rings (SSSR count). The second kappa shape index (κ2) is 9.69. The molecule has 0 aliphatic heterocycles. The number of hydrogen-bond donors (Lipinski definition) is 2. The third kappa shape index (κ3) is 5.79. The lowest BCUT2D eigenvalue weighted by Crippen LogP contribution is -2.42. The number of amides is 2. The molecule has 0 saturated heterocycles. The molecule has 2 aromatic carbocycles. The van der Waals surface area contributed by atoms with E-state index in [1.807, 2.05) is 6.92 Å². The Labute approximate surface area is 169 Å². The van der Waals surface area contributed by atoms with Gasteiger partial charge in [0.05, 0.1) is 12.4 Å². The lowest BCUT2D eigenvalue weighted by Gasteiger charge is -2.07. The summed E-state index contributed by atoms with van der Waals surface area (Å²) in [6, 6.07) is 12.1. The zero-order valence-corrected chi connectivity index (χ0v) is 16.2. The van der Waals surface area contributed by atoms with Crippen LogP contribution in [-0.2, 0) is 4.79 Å². The fraction of sp³-hybridized carbons (Fsp3) is 0.158. The van der Waals surface area contributed by atoms with E-state index in [1.54, 1.807) is 24.3 Å². The van der Waals surface area contributed by atoms with E-state index in [0.717, 1.165) is 11.8 Å². The number of ether oxygens (including phenoxy) is 1. The first kappa shape index (κ1) is 20.3. The molecule has 0 radical (unpaired) electrons. The Morgan fingerprint density at radius 2 is 1.79 bits per heavy atom. The predicted octanol–water partition coefficient (Wildman–Crippen LogP) is 2.83. The van der Waals surface area contributed by atoms with Crippen molar-refractivity contribution in [3.05, 3.63) is 59.9 Å². The zero-order valence-electron chi connectivity index (χ0n) is 15.3. The van der Waals surface area contributed by atoms with Crippen molar-refractivity contribution in [1.29, 1.82) is 0 Å². The molecule has 2 amide bonds. The van der Waals surface area contributed by atoms with E-state index in [2.05, 4.69) is 21.0 Å². The minimum Gasteiger partial charge on any atom is -0.494 e. The summed E-state index contributed by atoms with van der Waals surface area (Å²) in [5.74, 6) is -0.444. The minimum atomic E-state index is -0.456. The zero-order chi connectivity index (χ0) is 20.6. The fourth-order valence-corrected chi connectivity index (χ4v) is 2.77. The number of carbonyl (C=O) groups excluding carboxylic acids is 2. The van der Waals surface area contributed by atoms with E-state index in [-0.39, 0.29) is 22.7 Å². The predicted molar refractivity (Wildman–Crippen MR) is 104 cm³/mol. The molecule has 0 saturated carbocycles. The molecule has 0 aliphatic carbocycles. The average Bonchev–Trinajstić information content (AvgIpc) is 3.21. The summed E-state index contributed by atoms with van der Waals surface area (Å²) in [6.45, 7) is 2.40. The molecule has 1 aromatic heterocycles. The first-order valence-electron chi connectivity index (χ1n) is 8.59. The Morgan fingerprint density at radius 3 is 2.48 bits per heavy atom. The van der Waals surface area contributed by atoms with Crippen LogP contribution in [0.25, 0.3) is 11.5 Å². The van der Waals surface area contributed by atoms with Crippen molar-refractivity contribution in [2.45, 2.75) is 12.1 Å². The largest absolute Gasteiger partial charge is 0.494 e. The van der Waals surface area contributed by atoms with Crippen molar-refractivity contribution < 1.29 is 23.1 Å². The number of hydrazine groups is 1. The van der Waals surface area contributed by atoms with Crippen molar-refractivity contribution in [2.75, 3.05) is 12.4 Å². The SMILES string of the molecule is CCOc1ccc(C(=O)NNC(=O)CSc2nnc(-c3ccc(F)cc3)o2)cc1. The van der Waals surface area contributed by atoms with Gasteiger partial charge in [0, 0.05) is 11.1 Å². The minimum absolute atomic E-state index is 0.0470. The van der Waals surface area contributed by atoms with Crippen LogP contribution in [0.4, 0.5) is 4.39 Å². The summed E-state index contributed by atoms with van der Waals surface area (Å²) in [5.41, 5.74) is 5.59. The molecule has 0 aliphatic rings. The topological polar surface area (TPSA) is 106 Å². The molecule has 2 N–H and O–H groups in total. The molecule has 3 aromatic rings. The number of rotatable bonds is 7. The average molecular weight is 416 g/mol. The smallest absolute Gasteiger partial charge is 0.277 e. The third-order valence-corrected chi connectivity index (χ3v) is 4.39. The maximum absolute atomic E-state index is 13.0. The number of nitrogens with one attached hydrogen (secondary N) is 2. The summed E-state index contributed by atoms with van der Waals surface area (Å²) in [4.78, 5) is 23.9. The lowest BCUT2D eigenvalue weighted by atomic mass is 10.2. The standard InChI is InChI=1S/C19H17FN4O4S/c1-2-27-15-9-5-12(6-10-15)17(26)22-21-16(25)11-29-19-24-23-18(28-19)13-3-7-14(20)8-4-13/h3-10H,2,11H2,1H3,(H,21,25)(H,22,26). The van der Waals surface area contributed by atoms with Gasteiger partial charge in [-0.1, -0.05) is 11.8 Å². The molecule has 0 unspecified atom stereocenters. The van der Waals surface area contributed by atoms with E-state index >= 15 is 0 Å². The van der Waals surface area contributed by atoms with E-state index in [0.29, 0.717) is 23.5 Å². The number of benzene rings is 2. The Bertz CT molecular complexity index is 977. The van der Waals surface area contributed by atoms with Crippen molar-refractivity contribution in [1.82, 2.24) is 21.0 Å². The van der Waals surface area contributed by atoms with Gasteiger partial charge >= 0.3 is 0 Å². The van der Waals surface area contributed by atoms with Crippen LogP contribution in [0.15, 0.2) is 58.2 Å². The summed E-state index contributed by atoms with van der Waals surface area (Å²) in [5, 5.41) is 7.86. The summed E-state index contributed by atoms with van der Waals surface area (Å²) in [6.07, 6.45) is 0. The molecule has 10 heteroatoms. The number of halogens is 1. The van der Waals surface area contributed by atoms with Crippen LogP contribution in [0.5, 0.6) is 5.75 Å². The maximum Gasteiger partial charge on any atom is 0.277 e. The van der Waals surface area contributed by atoms with Crippen LogP contribution in [0.2, 0.25) is 0 Å². The Hall–Kier alpha value is -3.40. The van der Waals surface area contributed by atoms with Gasteiger partial charge < -0.3 is 9.15 Å². The first-order valence-corrected chi connectivity index (χ1v) is 9.58. The summed E-state index contributed by atoms with van der Waals surface area (Å²) < 4.78 is 23.7. The third-order valence-electron chi connectivity index (χ3n) is 3.57. The van der Waals surface area contributed by atoms with Crippen LogP contribution >= 0.6 is 11.8 Å². The van der Waals surface area contributed by atoms with Gasteiger partial charge in [-0.15, -0.1) is 10.2 Å². The number of carbonyl (C=O) groups is 2. The van der Waals surface area contributed by atoms with Crippen molar-refractivity contribution in [3.63, 3.8) is 0 Å². The molecule has 150 valence electrons. The lowest BCUT2D eigenvalue weighted by molar-refractivity contribution is -0.119. The highest BCUT2D eigenvalue weighted by Gasteiger charge is 2.12. The number of thioether (sulfide) groups is 1. The van der Waals surface area contributed by atoms with Crippen LogP contribution in [0, 0.1) is 5.82 Å². The molecule has 8 nitrogen and oxygen atoms in total. The van der Waals surface area contributed by atoms with Gasteiger partial charge in [-0.3, -0.25) is 20.4 Å². The molecular formula is C19H17FN4O4S. The highest BCUT2D eigenvalue weighted by atomic mass is 32.2. The van der Waals surface area contributed by atoms with Gasteiger partial charge in [0.2, 0.25) is 11.8 Å². The summed E-state index contributed by atoms with van der Waals surface area (Å²) in [7, 11) is 0. The maximum atomic E-state index is 13.0. The highest BCUT2D eigenvalue weighted by molar-refractivity contribution is 7.99. The fourth-order valence-electron chi connectivity index (χ4n) is 2.21. The van der Waals surface area contributed by atoms with Crippen LogP contribution in [-0.4, -0.2) is 34.4 Å². The quantitative estimate of drug-likeness (QED) is 0.451. The van der Waals surface area contributed by atoms with E-state index < -0.39 is 11.8 Å². The Morgan fingerprint density at radius 1 is 1.07 bits per heavy atom. The molecule has 1 heterocycles. The number of aromatic nitrogens is 2. The first-order chi connectivity index (χ1) is 14.0. The van der Waals surface area contributed by atoms with E-state index in [4.69, 9.17) is 9.15 Å². The van der Waals surface area contributed by atoms with Gasteiger partial charge in [-0.25, -0.2) is 4.39 Å². The van der Waals surface area contributed by atoms with Gasteiger partial charge in [-0.05, 0) is 55.5 Å². The van der Waals surface area contributed by atoms with Crippen LogP contribution < -0.4 is 15.6 Å². The molecular weight excluding hydrogens is 399 g/mol. The van der Waals surface area contributed by atoms with Gasteiger partial charge in [-0.2, -0.15) is 0 Å². The Balaban J connectivity index is 1.45.